The van der Waals surface area contributed by atoms with Crippen LogP contribution in [-0.2, 0) is 6.42 Å². The van der Waals surface area contributed by atoms with E-state index in [1.165, 1.54) is 25.3 Å². The molecule has 1 heterocycles. The first-order valence-corrected chi connectivity index (χ1v) is 7.18. The van der Waals surface area contributed by atoms with Crippen LogP contribution in [0.4, 0.5) is 10.1 Å². The van der Waals surface area contributed by atoms with Gasteiger partial charge in [0.1, 0.15) is 5.69 Å². The molecule has 1 aromatic carbocycles. The Morgan fingerprint density at radius 1 is 1.52 bits per heavy atom. The van der Waals surface area contributed by atoms with Crippen molar-refractivity contribution < 1.29 is 13.9 Å². The summed E-state index contributed by atoms with van der Waals surface area (Å²) in [5, 5.41) is 0.149. The van der Waals surface area contributed by atoms with Gasteiger partial charge in [0.05, 0.1) is 17.8 Å². The second-order valence-electron chi connectivity index (χ2n) is 5.15. The van der Waals surface area contributed by atoms with Crippen LogP contribution in [0.3, 0.4) is 0 Å². The number of nitrogens with zero attached hydrogens (tertiary/aromatic N) is 1. The molecule has 0 atom stereocenters. The molecule has 0 saturated heterocycles. The third kappa shape index (κ3) is 3.35. The fraction of sp³-hybridized carbons (Fsp3) is 0.176. The average Bonchev–Trinajstić information content (AvgIpc) is 2.49. The highest BCUT2D eigenvalue weighted by Gasteiger charge is 2.18. The van der Waals surface area contributed by atoms with E-state index in [4.69, 9.17) is 22.1 Å². The molecule has 0 unspecified atom stereocenters. The van der Waals surface area contributed by atoms with Gasteiger partial charge in [-0.3, -0.25) is 4.79 Å². The van der Waals surface area contributed by atoms with Crippen molar-refractivity contribution in [3.8, 4) is 17.0 Å². The summed E-state index contributed by atoms with van der Waals surface area (Å²) in [4.78, 5) is 15.5. The van der Waals surface area contributed by atoms with Crippen molar-refractivity contribution in [1.29, 1.82) is 0 Å². The van der Waals surface area contributed by atoms with Gasteiger partial charge in [0.25, 0.3) is 0 Å². The van der Waals surface area contributed by atoms with Crippen LogP contribution in [0.1, 0.15) is 23.0 Å². The standard InChI is InChI=1S/C17H16ClFN2O2/c1-9(2)6-11-13(20)7-14(21-15(11)8-22)10-4-5-12(18)17(23-3)16(10)19/h4-5,7-8H,1,6H2,2-3H3,(H2,20,21). The topological polar surface area (TPSA) is 65.2 Å². The van der Waals surface area contributed by atoms with E-state index in [0.717, 1.165) is 5.57 Å². The normalized spacial score (nSPS) is 10.4. The quantitative estimate of drug-likeness (QED) is 0.661. The third-order valence-electron chi connectivity index (χ3n) is 3.31. The highest BCUT2D eigenvalue weighted by Crippen LogP contribution is 2.35. The van der Waals surface area contributed by atoms with E-state index in [0.29, 0.717) is 24.0 Å². The second-order valence-corrected chi connectivity index (χ2v) is 5.56. The van der Waals surface area contributed by atoms with E-state index in [2.05, 4.69) is 11.6 Å². The first kappa shape index (κ1) is 17.0. The largest absolute Gasteiger partial charge is 0.492 e. The van der Waals surface area contributed by atoms with Gasteiger partial charge >= 0.3 is 0 Å². The number of hydrogen-bond acceptors (Lipinski definition) is 4. The van der Waals surface area contributed by atoms with Crippen LogP contribution in [-0.4, -0.2) is 18.4 Å². The van der Waals surface area contributed by atoms with Crippen LogP contribution in [0, 0.1) is 5.82 Å². The van der Waals surface area contributed by atoms with E-state index in [1.54, 1.807) is 0 Å². The summed E-state index contributed by atoms with van der Waals surface area (Å²) in [7, 11) is 1.32. The fourth-order valence-electron chi connectivity index (χ4n) is 2.26. The van der Waals surface area contributed by atoms with Crippen molar-refractivity contribution in [3.63, 3.8) is 0 Å². The molecule has 0 aliphatic carbocycles. The first-order chi connectivity index (χ1) is 10.9. The summed E-state index contributed by atoms with van der Waals surface area (Å²) < 4.78 is 19.5. The minimum absolute atomic E-state index is 0.0804. The molecular formula is C17H16ClFN2O2. The zero-order valence-electron chi connectivity index (χ0n) is 12.8. The number of allylic oxidation sites excluding steroid dienone is 1. The van der Waals surface area contributed by atoms with E-state index >= 15 is 0 Å². The van der Waals surface area contributed by atoms with Gasteiger partial charge in [-0.15, -0.1) is 0 Å². The number of carbonyl (C=O) groups is 1. The van der Waals surface area contributed by atoms with Crippen molar-refractivity contribution >= 4 is 23.6 Å². The van der Waals surface area contributed by atoms with Crippen molar-refractivity contribution in [2.24, 2.45) is 0 Å². The van der Waals surface area contributed by atoms with E-state index in [1.807, 2.05) is 6.92 Å². The number of rotatable bonds is 5. The van der Waals surface area contributed by atoms with Gasteiger partial charge < -0.3 is 10.5 Å². The highest BCUT2D eigenvalue weighted by atomic mass is 35.5. The summed E-state index contributed by atoms with van der Waals surface area (Å²) in [5.74, 6) is -0.736. The molecule has 4 nitrogen and oxygen atoms in total. The average molecular weight is 335 g/mol. The van der Waals surface area contributed by atoms with Crippen molar-refractivity contribution in [3.05, 3.63) is 52.4 Å². The summed E-state index contributed by atoms with van der Waals surface area (Å²) >= 11 is 5.89. The number of hydrogen-bond donors (Lipinski definition) is 1. The van der Waals surface area contributed by atoms with Crippen LogP contribution in [0.25, 0.3) is 11.3 Å². The molecule has 0 aliphatic heterocycles. The number of nitrogen functional groups attached to an aromatic ring is 1. The Morgan fingerprint density at radius 3 is 2.78 bits per heavy atom. The molecule has 0 saturated carbocycles. The van der Waals surface area contributed by atoms with Crippen LogP contribution in [0.15, 0.2) is 30.4 Å². The molecule has 2 aromatic rings. The van der Waals surface area contributed by atoms with Gasteiger partial charge in [0.2, 0.25) is 0 Å². The lowest BCUT2D eigenvalue weighted by Gasteiger charge is -2.13. The molecular weight excluding hydrogens is 319 g/mol. The predicted octanol–water partition coefficient (Wildman–Crippen LogP) is 4.06. The number of carbonyl (C=O) groups excluding carboxylic acids is 1. The van der Waals surface area contributed by atoms with Gasteiger partial charge in [0, 0.05) is 16.8 Å². The summed E-state index contributed by atoms with van der Waals surface area (Å²) in [6, 6.07) is 4.49. The van der Waals surface area contributed by atoms with Crippen molar-refractivity contribution in [2.75, 3.05) is 12.8 Å². The number of aromatic nitrogens is 1. The van der Waals surface area contributed by atoms with Gasteiger partial charge in [-0.05, 0) is 31.5 Å². The van der Waals surface area contributed by atoms with E-state index < -0.39 is 5.82 Å². The summed E-state index contributed by atoms with van der Waals surface area (Å²) in [5.41, 5.74) is 8.35. The lowest BCUT2D eigenvalue weighted by molar-refractivity contribution is 0.111. The number of benzene rings is 1. The zero-order valence-corrected chi connectivity index (χ0v) is 13.6. The van der Waals surface area contributed by atoms with Crippen molar-refractivity contribution in [2.45, 2.75) is 13.3 Å². The molecule has 0 aliphatic rings. The van der Waals surface area contributed by atoms with Gasteiger partial charge in [0.15, 0.2) is 17.9 Å². The Bertz CT molecular complexity index is 791. The fourth-order valence-corrected chi connectivity index (χ4v) is 2.48. The third-order valence-corrected chi connectivity index (χ3v) is 3.61. The summed E-state index contributed by atoms with van der Waals surface area (Å²) in [6.07, 6.45) is 1.03. The molecule has 2 N–H and O–H groups in total. The molecule has 0 spiro atoms. The van der Waals surface area contributed by atoms with E-state index in [9.17, 15) is 9.18 Å². The Morgan fingerprint density at radius 2 is 2.22 bits per heavy atom. The van der Waals surface area contributed by atoms with E-state index in [-0.39, 0.29) is 27.7 Å². The number of aldehydes is 1. The van der Waals surface area contributed by atoms with Gasteiger partial charge in [-0.1, -0.05) is 23.8 Å². The zero-order chi connectivity index (χ0) is 17.1. The molecule has 6 heteroatoms. The molecule has 23 heavy (non-hydrogen) atoms. The van der Waals surface area contributed by atoms with Crippen molar-refractivity contribution in [1.82, 2.24) is 4.98 Å². The second kappa shape index (κ2) is 6.79. The molecule has 0 amide bonds. The monoisotopic (exact) mass is 334 g/mol. The molecule has 0 radical (unpaired) electrons. The highest BCUT2D eigenvalue weighted by molar-refractivity contribution is 6.32. The maximum Gasteiger partial charge on any atom is 0.175 e. The number of ether oxygens (including phenoxy) is 1. The molecule has 1 aromatic heterocycles. The molecule has 0 bridgehead atoms. The van der Waals surface area contributed by atoms with Gasteiger partial charge in [-0.2, -0.15) is 0 Å². The van der Waals surface area contributed by atoms with Crippen LogP contribution < -0.4 is 10.5 Å². The molecule has 0 fully saturated rings. The Hall–Kier alpha value is -2.40. The Kier molecular flexibility index (Phi) is 5.01. The number of methoxy groups -OCH3 is 1. The maximum absolute atomic E-state index is 14.5. The molecule has 120 valence electrons. The van der Waals surface area contributed by atoms with Crippen LogP contribution >= 0.6 is 11.6 Å². The first-order valence-electron chi connectivity index (χ1n) is 6.80. The number of halogens is 2. The minimum atomic E-state index is -0.656. The SMILES string of the molecule is C=C(C)Cc1c(N)cc(-c2ccc(Cl)c(OC)c2F)nc1C=O. The summed E-state index contributed by atoms with van der Waals surface area (Å²) in [6.45, 7) is 5.63. The minimum Gasteiger partial charge on any atom is -0.492 e. The lowest BCUT2D eigenvalue weighted by atomic mass is 10.0. The Balaban J connectivity index is 2.64. The molecule has 2 rings (SSSR count). The number of anilines is 1. The Labute approximate surface area is 138 Å². The van der Waals surface area contributed by atoms with Crippen LogP contribution in [0.2, 0.25) is 5.02 Å². The van der Waals surface area contributed by atoms with Crippen LogP contribution in [0.5, 0.6) is 5.75 Å². The van der Waals surface area contributed by atoms with Gasteiger partial charge in [-0.25, -0.2) is 9.37 Å². The number of nitrogens with two attached hydrogens (primary N) is 1. The maximum atomic E-state index is 14.5. The lowest BCUT2D eigenvalue weighted by Crippen LogP contribution is -2.05. The smallest absolute Gasteiger partial charge is 0.175 e. The number of pyridine rings is 1. The predicted molar refractivity (Wildman–Crippen MR) is 89.5 cm³/mol.